The Morgan fingerprint density at radius 3 is 2.81 bits per heavy atom. The van der Waals surface area contributed by atoms with Crippen molar-refractivity contribution < 1.29 is 0 Å². The summed E-state index contributed by atoms with van der Waals surface area (Å²) < 4.78 is 1.08. The predicted octanol–water partition coefficient (Wildman–Crippen LogP) is 3.07. The van der Waals surface area contributed by atoms with E-state index in [0.29, 0.717) is 0 Å². The van der Waals surface area contributed by atoms with E-state index in [1.807, 2.05) is 0 Å². The van der Waals surface area contributed by atoms with Crippen LogP contribution < -0.4 is 11.3 Å². The molecule has 0 bridgehead atoms. The first-order valence-corrected chi connectivity index (χ1v) is 6.13. The first kappa shape index (κ1) is 13.2. The van der Waals surface area contributed by atoms with Gasteiger partial charge >= 0.3 is 0 Å². The molecule has 0 amide bonds. The number of hydrogen-bond donors (Lipinski definition) is 2. The first-order valence-electron chi connectivity index (χ1n) is 5.34. The van der Waals surface area contributed by atoms with E-state index < -0.39 is 0 Å². The Hall–Kier alpha value is -0.820. The molecule has 1 aromatic rings. The summed E-state index contributed by atoms with van der Waals surface area (Å²) in [4.78, 5) is 0. The molecule has 16 heavy (non-hydrogen) atoms. The zero-order valence-electron chi connectivity index (χ0n) is 9.46. The molecule has 0 saturated carbocycles. The maximum Gasteiger partial charge on any atom is 0.0460 e. The Morgan fingerprint density at radius 1 is 1.50 bits per heavy atom. The van der Waals surface area contributed by atoms with Crippen LogP contribution in [0.4, 0.5) is 0 Å². The highest BCUT2D eigenvalue weighted by molar-refractivity contribution is 9.10. The van der Waals surface area contributed by atoms with Crippen molar-refractivity contribution in [3.05, 3.63) is 33.8 Å². The molecule has 3 N–H and O–H groups in total. The molecule has 0 heterocycles. The molecule has 1 aromatic carbocycles. The Bertz CT molecular complexity index is 362. The van der Waals surface area contributed by atoms with Gasteiger partial charge in [0.1, 0.15) is 0 Å². The molecule has 0 aromatic heterocycles. The van der Waals surface area contributed by atoms with Gasteiger partial charge in [-0.3, -0.25) is 11.3 Å². The minimum atomic E-state index is 0.171. The fourth-order valence-corrected chi connectivity index (χ4v) is 2.35. The van der Waals surface area contributed by atoms with E-state index in [-0.39, 0.29) is 6.04 Å². The van der Waals surface area contributed by atoms with Crippen molar-refractivity contribution >= 4 is 15.9 Å². The molecule has 0 aliphatic rings. The summed E-state index contributed by atoms with van der Waals surface area (Å²) in [6.07, 6.45) is 7.97. The summed E-state index contributed by atoms with van der Waals surface area (Å²) in [5.74, 6) is 8.21. The van der Waals surface area contributed by atoms with Crippen LogP contribution in [0.2, 0.25) is 0 Å². The molecule has 0 aliphatic carbocycles. The number of hydrogen-bond acceptors (Lipinski definition) is 2. The Labute approximate surface area is 106 Å². The summed E-state index contributed by atoms with van der Waals surface area (Å²) in [6, 6.07) is 6.49. The van der Waals surface area contributed by atoms with Crippen LogP contribution in [0, 0.1) is 19.3 Å². The third kappa shape index (κ3) is 3.97. The second-order valence-corrected chi connectivity index (χ2v) is 4.79. The molecule has 0 aliphatic heterocycles. The van der Waals surface area contributed by atoms with Crippen LogP contribution in [0.1, 0.15) is 36.4 Å². The van der Waals surface area contributed by atoms with Gasteiger partial charge in [-0.05, 0) is 43.0 Å². The van der Waals surface area contributed by atoms with E-state index in [1.54, 1.807) is 0 Å². The van der Waals surface area contributed by atoms with Crippen molar-refractivity contribution in [2.24, 2.45) is 5.84 Å². The number of rotatable bonds is 5. The zero-order valence-corrected chi connectivity index (χ0v) is 11.0. The summed E-state index contributed by atoms with van der Waals surface area (Å²) in [5, 5.41) is 0. The van der Waals surface area contributed by atoms with Gasteiger partial charge in [-0.1, -0.05) is 22.0 Å². The Kier molecular flexibility index (Phi) is 5.54. The molecule has 1 rings (SSSR count). The minimum absolute atomic E-state index is 0.171. The fraction of sp³-hybridized carbons (Fsp3) is 0.385. The molecule has 86 valence electrons. The summed E-state index contributed by atoms with van der Waals surface area (Å²) in [5.41, 5.74) is 5.27. The lowest BCUT2D eigenvalue weighted by molar-refractivity contribution is 0.502. The number of terminal acetylenes is 1. The lowest BCUT2D eigenvalue weighted by Crippen LogP contribution is -2.28. The molecular weight excluding hydrogens is 264 g/mol. The molecule has 0 radical (unpaired) electrons. The molecule has 2 nitrogen and oxygen atoms in total. The zero-order chi connectivity index (χ0) is 12.0. The number of halogens is 1. The van der Waals surface area contributed by atoms with E-state index in [0.717, 1.165) is 23.7 Å². The Morgan fingerprint density at radius 2 is 2.25 bits per heavy atom. The lowest BCUT2D eigenvalue weighted by Gasteiger charge is -2.16. The quantitative estimate of drug-likeness (QED) is 0.377. The first-order chi connectivity index (χ1) is 7.67. The molecule has 0 fully saturated rings. The van der Waals surface area contributed by atoms with Gasteiger partial charge in [0.05, 0.1) is 0 Å². The predicted molar refractivity (Wildman–Crippen MR) is 71.6 cm³/mol. The summed E-state index contributed by atoms with van der Waals surface area (Å²) in [7, 11) is 0. The largest absolute Gasteiger partial charge is 0.271 e. The van der Waals surface area contributed by atoms with Gasteiger partial charge in [0.2, 0.25) is 0 Å². The van der Waals surface area contributed by atoms with Crippen LogP contribution in [0.15, 0.2) is 22.7 Å². The van der Waals surface area contributed by atoms with E-state index >= 15 is 0 Å². The van der Waals surface area contributed by atoms with Crippen LogP contribution in [0.3, 0.4) is 0 Å². The van der Waals surface area contributed by atoms with Crippen LogP contribution in [-0.2, 0) is 0 Å². The standard InChI is InChI=1S/C13H17BrN2/c1-3-4-5-6-13(16-15)11-7-10(2)8-12(14)9-11/h1,7-9,13,16H,4-6,15H2,2H3. The summed E-state index contributed by atoms with van der Waals surface area (Å²) in [6.45, 7) is 2.07. The molecule has 3 heteroatoms. The third-order valence-electron chi connectivity index (χ3n) is 2.48. The number of nitrogens with one attached hydrogen (secondary N) is 1. The van der Waals surface area contributed by atoms with Gasteiger partial charge in [0.15, 0.2) is 0 Å². The lowest BCUT2D eigenvalue weighted by atomic mass is 10.00. The SMILES string of the molecule is C#CCCCC(NN)c1cc(C)cc(Br)c1. The van der Waals surface area contributed by atoms with E-state index in [9.17, 15) is 0 Å². The topological polar surface area (TPSA) is 38.0 Å². The smallest absolute Gasteiger partial charge is 0.0460 e. The molecule has 1 unspecified atom stereocenters. The molecule has 0 spiro atoms. The molecule has 1 atom stereocenters. The fourth-order valence-electron chi connectivity index (χ4n) is 1.72. The average Bonchev–Trinajstić information content (AvgIpc) is 2.23. The number of aryl methyl sites for hydroxylation is 1. The van der Waals surface area contributed by atoms with E-state index in [4.69, 9.17) is 12.3 Å². The third-order valence-corrected chi connectivity index (χ3v) is 2.94. The van der Waals surface area contributed by atoms with E-state index in [1.165, 1.54) is 11.1 Å². The molecular formula is C13H17BrN2. The van der Waals surface area contributed by atoms with Crippen LogP contribution in [-0.4, -0.2) is 0 Å². The van der Waals surface area contributed by atoms with Gasteiger partial charge < -0.3 is 0 Å². The number of unbranched alkanes of at least 4 members (excludes halogenated alkanes) is 1. The van der Waals surface area contributed by atoms with Gasteiger partial charge in [-0.25, -0.2) is 0 Å². The number of benzene rings is 1. The van der Waals surface area contributed by atoms with Crippen molar-refractivity contribution in [3.63, 3.8) is 0 Å². The second kappa shape index (κ2) is 6.70. The second-order valence-electron chi connectivity index (χ2n) is 3.88. The molecule has 0 saturated heterocycles. The van der Waals surface area contributed by atoms with E-state index in [2.05, 4.69) is 52.4 Å². The highest BCUT2D eigenvalue weighted by atomic mass is 79.9. The van der Waals surface area contributed by atoms with Gasteiger partial charge in [-0.15, -0.1) is 12.3 Å². The maximum absolute atomic E-state index is 5.57. The minimum Gasteiger partial charge on any atom is -0.271 e. The van der Waals surface area contributed by atoms with Crippen molar-refractivity contribution in [1.29, 1.82) is 0 Å². The van der Waals surface area contributed by atoms with Gasteiger partial charge in [-0.2, -0.15) is 0 Å². The van der Waals surface area contributed by atoms with Crippen LogP contribution >= 0.6 is 15.9 Å². The highest BCUT2D eigenvalue weighted by Crippen LogP contribution is 2.23. The van der Waals surface area contributed by atoms with Crippen LogP contribution in [0.5, 0.6) is 0 Å². The average molecular weight is 281 g/mol. The van der Waals surface area contributed by atoms with Gasteiger partial charge in [0, 0.05) is 16.9 Å². The normalized spacial score (nSPS) is 12.1. The highest BCUT2D eigenvalue weighted by Gasteiger charge is 2.09. The number of hydrazine groups is 1. The Balaban J connectivity index is 2.74. The number of nitrogens with two attached hydrogens (primary N) is 1. The van der Waals surface area contributed by atoms with Gasteiger partial charge in [0.25, 0.3) is 0 Å². The summed E-state index contributed by atoms with van der Waals surface area (Å²) >= 11 is 3.49. The maximum atomic E-state index is 5.57. The van der Waals surface area contributed by atoms with Crippen molar-refractivity contribution in [3.8, 4) is 12.3 Å². The van der Waals surface area contributed by atoms with Crippen LogP contribution in [0.25, 0.3) is 0 Å². The van der Waals surface area contributed by atoms with Crippen molar-refractivity contribution in [2.75, 3.05) is 0 Å². The monoisotopic (exact) mass is 280 g/mol. The van der Waals surface area contributed by atoms with Crippen molar-refractivity contribution in [2.45, 2.75) is 32.2 Å². The van der Waals surface area contributed by atoms with Crippen molar-refractivity contribution in [1.82, 2.24) is 5.43 Å².